The minimum Gasteiger partial charge on any atom is -0.494 e. The van der Waals surface area contributed by atoms with Crippen LogP contribution in [0.15, 0.2) is 60.7 Å². The third-order valence-corrected chi connectivity index (χ3v) is 9.63. The Bertz CT molecular complexity index is 1350. The molecule has 0 unspecified atom stereocenters. The number of ether oxygens (including phenoxy) is 1. The Morgan fingerprint density at radius 1 is 0.659 bits per heavy atom. The first kappa shape index (κ1) is 29.4. The summed E-state index contributed by atoms with van der Waals surface area (Å²) in [5.41, 5.74) is 1.63. The lowest BCUT2D eigenvalue weighted by Gasteiger charge is -2.38. The van der Waals surface area contributed by atoms with Gasteiger partial charge in [-0.05, 0) is 111 Å². The SMILES string of the molecule is C/C=C/CCC1CCC(C2CCC(c3ccc(-c4ccc(-c5ccc(OC)c(F)c5F)cc4)c(F)c3F)CC2)CC1. The Labute approximate surface area is 241 Å². The van der Waals surface area contributed by atoms with E-state index in [1.165, 1.54) is 57.8 Å². The van der Waals surface area contributed by atoms with Crippen LogP contribution in [-0.2, 0) is 0 Å². The van der Waals surface area contributed by atoms with Crippen LogP contribution in [0.5, 0.6) is 5.75 Å². The summed E-state index contributed by atoms with van der Waals surface area (Å²) >= 11 is 0. The van der Waals surface area contributed by atoms with Gasteiger partial charge in [-0.25, -0.2) is 13.2 Å². The van der Waals surface area contributed by atoms with E-state index in [9.17, 15) is 8.78 Å². The van der Waals surface area contributed by atoms with Crippen molar-refractivity contribution in [2.24, 2.45) is 17.8 Å². The molecule has 0 bridgehead atoms. The van der Waals surface area contributed by atoms with Crippen molar-refractivity contribution in [1.82, 2.24) is 0 Å². The van der Waals surface area contributed by atoms with Crippen LogP contribution < -0.4 is 4.74 Å². The molecule has 0 N–H and O–H groups in total. The summed E-state index contributed by atoms with van der Waals surface area (Å²) in [5, 5.41) is 0. The van der Waals surface area contributed by atoms with Gasteiger partial charge in [0.15, 0.2) is 23.2 Å². The molecule has 2 aliphatic carbocycles. The van der Waals surface area contributed by atoms with E-state index >= 15 is 8.78 Å². The van der Waals surface area contributed by atoms with E-state index in [1.54, 1.807) is 36.4 Å². The van der Waals surface area contributed by atoms with Crippen molar-refractivity contribution in [3.63, 3.8) is 0 Å². The second-order valence-electron chi connectivity index (χ2n) is 11.9. The Morgan fingerprint density at radius 3 is 1.76 bits per heavy atom. The number of methoxy groups -OCH3 is 1. The Hall–Kier alpha value is -3.08. The van der Waals surface area contributed by atoms with Gasteiger partial charge >= 0.3 is 0 Å². The van der Waals surface area contributed by atoms with Gasteiger partial charge in [-0.3, -0.25) is 0 Å². The molecule has 0 spiro atoms. The Morgan fingerprint density at radius 2 is 1.20 bits per heavy atom. The minimum absolute atomic E-state index is 0.0438. The smallest absolute Gasteiger partial charge is 0.201 e. The van der Waals surface area contributed by atoms with E-state index in [1.807, 2.05) is 0 Å². The van der Waals surface area contributed by atoms with E-state index < -0.39 is 23.3 Å². The number of benzene rings is 3. The van der Waals surface area contributed by atoms with Gasteiger partial charge in [0.05, 0.1) is 7.11 Å². The summed E-state index contributed by atoms with van der Waals surface area (Å²) in [6, 6.07) is 12.6. The summed E-state index contributed by atoms with van der Waals surface area (Å²) in [5.74, 6) is -1.47. The lowest BCUT2D eigenvalue weighted by molar-refractivity contribution is 0.156. The molecule has 0 atom stereocenters. The summed E-state index contributed by atoms with van der Waals surface area (Å²) in [4.78, 5) is 0. The van der Waals surface area contributed by atoms with Gasteiger partial charge in [0.25, 0.3) is 0 Å². The predicted octanol–water partition coefficient (Wildman–Crippen LogP) is 11.0. The molecule has 3 aromatic rings. The van der Waals surface area contributed by atoms with Gasteiger partial charge in [0.1, 0.15) is 0 Å². The van der Waals surface area contributed by atoms with Gasteiger partial charge in [0.2, 0.25) is 5.82 Å². The fraction of sp³-hybridized carbons (Fsp3) is 0.444. The van der Waals surface area contributed by atoms with Gasteiger partial charge in [0, 0.05) is 11.1 Å². The van der Waals surface area contributed by atoms with Crippen LogP contribution in [0.3, 0.4) is 0 Å². The number of hydrogen-bond acceptors (Lipinski definition) is 1. The first-order valence-corrected chi connectivity index (χ1v) is 15.1. The fourth-order valence-corrected chi connectivity index (χ4v) is 7.19. The molecule has 5 heteroatoms. The van der Waals surface area contributed by atoms with Gasteiger partial charge < -0.3 is 4.74 Å². The zero-order valence-corrected chi connectivity index (χ0v) is 24.1. The maximum absolute atomic E-state index is 15.4. The molecule has 0 aromatic heterocycles. The standard InChI is InChI=1S/C36H40F4O/c1-3-4-5-6-23-7-9-24(10-8-23)25-11-13-26(14-12-25)29-19-20-30(34(38)33(29)37)27-15-17-28(18-16-27)31-21-22-32(41-2)36(40)35(31)39/h3-4,15-26H,5-14H2,1-2H3/b4-3+. The third-order valence-electron chi connectivity index (χ3n) is 9.63. The van der Waals surface area contributed by atoms with Crippen molar-refractivity contribution in [2.45, 2.75) is 77.0 Å². The Kier molecular flexibility index (Phi) is 9.52. The maximum atomic E-state index is 15.4. The average molecular weight is 565 g/mol. The molecular formula is C36H40F4O. The van der Waals surface area contributed by atoms with Gasteiger partial charge in [-0.15, -0.1) is 0 Å². The molecule has 2 fully saturated rings. The first-order chi connectivity index (χ1) is 19.9. The van der Waals surface area contributed by atoms with Crippen LogP contribution in [0.1, 0.15) is 82.6 Å². The maximum Gasteiger partial charge on any atom is 0.201 e. The minimum atomic E-state index is -1.06. The summed E-state index contributed by atoms with van der Waals surface area (Å²) in [6.45, 7) is 2.08. The highest BCUT2D eigenvalue weighted by Crippen LogP contribution is 2.45. The summed E-state index contributed by atoms with van der Waals surface area (Å²) in [6.07, 6.45) is 16.2. The summed E-state index contributed by atoms with van der Waals surface area (Å²) < 4.78 is 64.2. The topological polar surface area (TPSA) is 9.23 Å². The van der Waals surface area contributed by atoms with E-state index in [2.05, 4.69) is 19.1 Å². The van der Waals surface area contributed by atoms with E-state index in [0.717, 1.165) is 37.5 Å². The predicted molar refractivity (Wildman–Crippen MR) is 158 cm³/mol. The highest BCUT2D eigenvalue weighted by Gasteiger charge is 2.32. The zero-order valence-electron chi connectivity index (χ0n) is 24.1. The Balaban J connectivity index is 1.22. The third kappa shape index (κ3) is 6.39. The molecule has 5 rings (SSSR count). The molecule has 218 valence electrons. The molecule has 0 aliphatic heterocycles. The van der Waals surface area contributed by atoms with Crippen LogP contribution in [0.4, 0.5) is 17.6 Å². The lowest BCUT2D eigenvalue weighted by Crippen LogP contribution is -2.25. The van der Waals surface area contributed by atoms with Gasteiger partial charge in [-0.2, -0.15) is 4.39 Å². The summed E-state index contributed by atoms with van der Waals surface area (Å²) in [7, 11) is 1.27. The molecule has 0 radical (unpaired) electrons. The lowest BCUT2D eigenvalue weighted by atomic mass is 9.68. The quantitative estimate of drug-likeness (QED) is 0.195. The van der Waals surface area contributed by atoms with Crippen molar-refractivity contribution < 1.29 is 22.3 Å². The van der Waals surface area contributed by atoms with Crippen LogP contribution in [-0.4, -0.2) is 7.11 Å². The largest absolute Gasteiger partial charge is 0.494 e. The monoisotopic (exact) mass is 564 g/mol. The number of allylic oxidation sites excluding steroid dienone is 2. The van der Waals surface area contributed by atoms with Crippen molar-refractivity contribution in [1.29, 1.82) is 0 Å². The van der Waals surface area contributed by atoms with E-state index in [4.69, 9.17) is 4.74 Å². The fourth-order valence-electron chi connectivity index (χ4n) is 7.19. The molecule has 0 amide bonds. The molecule has 0 saturated heterocycles. The molecular weight excluding hydrogens is 524 g/mol. The van der Waals surface area contributed by atoms with Crippen LogP contribution in [0, 0.1) is 41.0 Å². The molecule has 3 aromatic carbocycles. The van der Waals surface area contributed by atoms with Crippen molar-refractivity contribution in [3.8, 4) is 28.0 Å². The number of rotatable bonds is 8. The number of hydrogen-bond donors (Lipinski definition) is 0. The van der Waals surface area contributed by atoms with Crippen LogP contribution in [0.25, 0.3) is 22.3 Å². The van der Waals surface area contributed by atoms with Crippen molar-refractivity contribution in [2.75, 3.05) is 7.11 Å². The van der Waals surface area contributed by atoms with Crippen LogP contribution >= 0.6 is 0 Å². The second kappa shape index (κ2) is 13.3. The van der Waals surface area contributed by atoms with E-state index in [0.29, 0.717) is 22.6 Å². The second-order valence-corrected chi connectivity index (χ2v) is 11.9. The average Bonchev–Trinajstić information content (AvgIpc) is 3.01. The molecule has 2 aliphatic rings. The van der Waals surface area contributed by atoms with Gasteiger partial charge in [-0.1, -0.05) is 61.4 Å². The number of halogens is 4. The zero-order chi connectivity index (χ0) is 28.9. The molecule has 41 heavy (non-hydrogen) atoms. The van der Waals surface area contributed by atoms with Crippen molar-refractivity contribution >= 4 is 0 Å². The molecule has 0 heterocycles. The van der Waals surface area contributed by atoms with Crippen LogP contribution in [0.2, 0.25) is 0 Å². The highest BCUT2D eigenvalue weighted by atomic mass is 19.2. The normalized spacial score (nSPS) is 23.2. The first-order valence-electron chi connectivity index (χ1n) is 15.1. The van der Waals surface area contributed by atoms with E-state index in [-0.39, 0.29) is 22.8 Å². The van der Waals surface area contributed by atoms with Crippen molar-refractivity contribution in [3.05, 3.63) is 89.5 Å². The molecule has 1 nitrogen and oxygen atoms in total. The highest BCUT2D eigenvalue weighted by molar-refractivity contribution is 5.72. The molecule has 2 saturated carbocycles.